The van der Waals surface area contributed by atoms with Crippen LogP contribution >= 0.6 is 0 Å². The lowest BCUT2D eigenvalue weighted by molar-refractivity contribution is 0.0959. The largest absolute Gasteiger partial charge is 0.497 e. The summed E-state index contributed by atoms with van der Waals surface area (Å²) in [5.74, 6) is 0.586. The number of hydrogen-bond acceptors (Lipinski definition) is 3. The summed E-state index contributed by atoms with van der Waals surface area (Å²) in [4.78, 5) is 11.7. The van der Waals surface area contributed by atoms with E-state index in [1.165, 1.54) is 0 Å². The van der Waals surface area contributed by atoms with Gasteiger partial charge in [0.1, 0.15) is 5.75 Å². The number of rotatable bonds is 3. The van der Waals surface area contributed by atoms with Gasteiger partial charge in [0.2, 0.25) is 0 Å². The fourth-order valence-electron chi connectivity index (χ4n) is 1.81. The predicted molar refractivity (Wildman–Crippen MR) is 65.3 cm³/mol. The van der Waals surface area contributed by atoms with E-state index in [-0.39, 0.29) is 5.91 Å². The quantitative estimate of drug-likeness (QED) is 0.872. The smallest absolute Gasteiger partial charge is 0.272 e. The summed E-state index contributed by atoms with van der Waals surface area (Å²) in [6, 6.07) is 5.58. The Morgan fingerprint density at radius 3 is 2.88 bits per heavy atom. The van der Waals surface area contributed by atoms with Crippen molar-refractivity contribution in [1.29, 1.82) is 0 Å². The molecule has 0 fully saturated rings. The molecule has 0 unspecified atom stereocenters. The first-order valence-electron chi connectivity index (χ1n) is 5.48. The number of carbonyl (C=O) groups excluding carboxylic acids is 1. The van der Waals surface area contributed by atoms with E-state index < -0.39 is 0 Å². The van der Waals surface area contributed by atoms with Crippen LogP contribution in [0.25, 0.3) is 10.9 Å². The van der Waals surface area contributed by atoms with E-state index in [0.717, 1.165) is 16.7 Å². The van der Waals surface area contributed by atoms with Crippen molar-refractivity contribution in [2.75, 3.05) is 14.2 Å². The highest BCUT2D eigenvalue weighted by atomic mass is 16.5. The van der Waals surface area contributed by atoms with Gasteiger partial charge in [-0.05, 0) is 19.1 Å². The monoisotopic (exact) mass is 233 g/mol. The molecule has 90 valence electrons. The molecule has 2 aromatic rings. The number of hydrogen-bond donors (Lipinski definition) is 1. The summed E-state index contributed by atoms with van der Waals surface area (Å²) in [5, 5.41) is 7.74. The molecule has 0 aliphatic rings. The molecule has 0 spiro atoms. The molecule has 17 heavy (non-hydrogen) atoms. The molecule has 0 radical (unpaired) electrons. The van der Waals surface area contributed by atoms with Gasteiger partial charge >= 0.3 is 0 Å². The SMILES string of the molecule is CCn1nc(C(=O)NC)c2ccc(OC)cc21. The van der Waals surface area contributed by atoms with Gasteiger partial charge in [0.05, 0.1) is 12.6 Å². The minimum atomic E-state index is -0.174. The van der Waals surface area contributed by atoms with Crippen LogP contribution in [0.5, 0.6) is 5.75 Å². The average molecular weight is 233 g/mol. The van der Waals surface area contributed by atoms with Crippen molar-refractivity contribution in [3.8, 4) is 5.75 Å². The Hall–Kier alpha value is -2.04. The summed E-state index contributed by atoms with van der Waals surface area (Å²) in [6.07, 6.45) is 0. The van der Waals surface area contributed by atoms with Crippen molar-refractivity contribution in [2.24, 2.45) is 0 Å². The first-order chi connectivity index (χ1) is 8.21. The summed E-state index contributed by atoms with van der Waals surface area (Å²) in [5.41, 5.74) is 1.36. The maximum Gasteiger partial charge on any atom is 0.272 e. The number of fused-ring (bicyclic) bond motifs is 1. The highest BCUT2D eigenvalue weighted by Gasteiger charge is 2.15. The Balaban J connectivity index is 2.68. The van der Waals surface area contributed by atoms with Crippen LogP contribution in [0, 0.1) is 0 Å². The first-order valence-corrected chi connectivity index (χ1v) is 5.48. The van der Waals surface area contributed by atoms with Gasteiger partial charge in [-0.15, -0.1) is 0 Å². The van der Waals surface area contributed by atoms with Gasteiger partial charge in [-0.25, -0.2) is 0 Å². The van der Waals surface area contributed by atoms with Crippen molar-refractivity contribution < 1.29 is 9.53 Å². The summed E-state index contributed by atoms with van der Waals surface area (Å²) >= 11 is 0. The van der Waals surface area contributed by atoms with Gasteiger partial charge in [0, 0.05) is 25.0 Å². The number of nitrogens with zero attached hydrogens (tertiary/aromatic N) is 2. The first kappa shape index (κ1) is 11.4. The predicted octanol–water partition coefficient (Wildman–Crippen LogP) is 1.42. The third-order valence-electron chi connectivity index (χ3n) is 2.70. The zero-order valence-electron chi connectivity index (χ0n) is 10.2. The normalized spacial score (nSPS) is 10.5. The van der Waals surface area contributed by atoms with Crippen molar-refractivity contribution in [3.63, 3.8) is 0 Å². The number of nitrogens with one attached hydrogen (secondary N) is 1. The molecule has 2 rings (SSSR count). The second-order valence-corrected chi connectivity index (χ2v) is 3.63. The lowest BCUT2D eigenvalue weighted by Crippen LogP contribution is -2.18. The molecule has 1 aromatic heterocycles. The van der Waals surface area contributed by atoms with E-state index in [9.17, 15) is 4.79 Å². The number of carbonyl (C=O) groups is 1. The fraction of sp³-hybridized carbons (Fsp3) is 0.333. The van der Waals surface area contributed by atoms with Crippen LogP contribution in [0.15, 0.2) is 18.2 Å². The third kappa shape index (κ3) is 1.84. The van der Waals surface area contributed by atoms with Gasteiger partial charge < -0.3 is 10.1 Å². The van der Waals surface area contributed by atoms with E-state index in [4.69, 9.17) is 4.74 Å². The highest BCUT2D eigenvalue weighted by Crippen LogP contribution is 2.23. The minimum absolute atomic E-state index is 0.174. The van der Waals surface area contributed by atoms with E-state index in [0.29, 0.717) is 12.2 Å². The molecule has 0 aliphatic carbocycles. The van der Waals surface area contributed by atoms with Crippen LogP contribution in [0.4, 0.5) is 0 Å². The van der Waals surface area contributed by atoms with Crippen LogP contribution in [0.1, 0.15) is 17.4 Å². The molecule has 1 aromatic carbocycles. The average Bonchev–Trinajstić information content (AvgIpc) is 2.75. The van der Waals surface area contributed by atoms with Crippen molar-refractivity contribution in [3.05, 3.63) is 23.9 Å². The number of aromatic nitrogens is 2. The maximum absolute atomic E-state index is 11.7. The molecular formula is C12H15N3O2. The number of aryl methyl sites for hydroxylation is 1. The summed E-state index contributed by atoms with van der Waals surface area (Å²) in [6.45, 7) is 2.69. The Labute approximate surface area is 99.4 Å². The molecule has 1 amide bonds. The molecule has 0 saturated heterocycles. The molecule has 1 heterocycles. The third-order valence-corrected chi connectivity index (χ3v) is 2.70. The topological polar surface area (TPSA) is 56.2 Å². The zero-order chi connectivity index (χ0) is 12.4. The number of benzene rings is 1. The van der Waals surface area contributed by atoms with Crippen LogP contribution in [-0.4, -0.2) is 29.8 Å². The van der Waals surface area contributed by atoms with Crippen molar-refractivity contribution in [1.82, 2.24) is 15.1 Å². The Morgan fingerprint density at radius 2 is 2.29 bits per heavy atom. The molecule has 5 heteroatoms. The van der Waals surface area contributed by atoms with Gasteiger partial charge in [0.15, 0.2) is 5.69 Å². The molecule has 5 nitrogen and oxygen atoms in total. The van der Waals surface area contributed by atoms with E-state index >= 15 is 0 Å². The van der Waals surface area contributed by atoms with Crippen molar-refractivity contribution in [2.45, 2.75) is 13.5 Å². The second-order valence-electron chi connectivity index (χ2n) is 3.63. The van der Waals surface area contributed by atoms with Crippen LogP contribution in [0.2, 0.25) is 0 Å². The lowest BCUT2D eigenvalue weighted by atomic mass is 10.2. The summed E-state index contributed by atoms with van der Waals surface area (Å²) < 4.78 is 6.97. The van der Waals surface area contributed by atoms with Crippen molar-refractivity contribution >= 4 is 16.8 Å². The molecule has 1 N–H and O–H groups in total. The van der Waals surface area contributed by atoms with Crippen LogP contribution in [0.3, 0.4) is 0 Å². The maximum atomic E-state index is 11.7. The Morgan fingerprint density at radius 1 is 1.53 bits per heavy atom. The molecule has 0 bridgehead atoms. The van der Waals surface area contributed by atoms with E-state index in [1.54, 1.807) is 18.8 Å². The Kier molecular flexibility index (Phi) is 2.99. The standard InChI is InChI=1S/C12H15N3O2/c1-4-15-10-7-8(17-3)5-6-9(10)11(14-15)12(16)13-2/h5-7H,4H2,1-3H3,(H,13,16). The Bertz CT molecular complexity index is 560. The molecule has 0 atom stereocenters. The number of methoxy groups -OCH3 is 1. The zero-order valence-corrected chi connectivity index (χ0v) is 10.2. The summed E-state index contributed by atoms with van der Waals surface area (Å²) in [7, 11) is 3.22. The fourth-order valence-corrected chi connectivity index (χ4v) is 1.81. The highest BCUT2D eigenvalue weighted by molar-refractivity contribution is 6.05. The van der Waals surface area contributed by atoms with E-state index in [1.807, 2.05) is 25.1 Å². The molecular weight excluding hydrogens is 218 g/mol. The second kappa shape index (κ2) is 4.45. The van der Waals surface area contributed by atoms with Gasteiger partial charge in [0.25, 0.3) is 5.91 Å². The van der Waals surface area contributed by atoms with E-state index in [2.05, 4.69) is 10.4 Å². The number of amides is 1. The lowest BCUT2D eigenvalue weighted by Gasteiger charge is -2.01. The van der Waals surface area contributed by atoms with Crippen LogP contribution < -0.4 is 10.1 Å². The molecule has 0 aliphatic heterocycles. The van der Waals surface area contributed by atoms with Gasteiger partial charge in [-0.2, -0.15) is 5.10 Å². The number of ether oxygens (including phenoxy) is 1. The minimum Gasteiger partial charge on any atom is -0.497 e. The molecule has 0 saturated carbocycles. The van der Waals surface area contributed by atoms with Gasteiger partial charge in [-0.1, -0.05) is 0 Å². The van der Waals surface area contributed by atoms with Gasteiger partial charge in [-0.3, -0.25) is 9.48 Å². The van der Waals surface area contributed by atoms with Crippen LogP contribution in [-0.2, 0) is 6.54 Å².